The topological polar surface area (TPSA) is 74.9 Å². The van der Waals surface area contributed by atoms with Crippen LogP contribution >= 0.6 is 11.6 Å². The Morgan fingerprint density at radius 2 is 1.79 bits per heavy atom. The SMILES string of the molecule is CCOc1cc(C)c(-c2nc3ccccc3c(=O)n2N=Cc2cc(Cl)cc(OC)c2OCC)cc1C(C)C. The smallest absolute Gasteiger partial charge is 0.282 e. The number of aryl methyl sites for hydroxylation is 1. The number of fused-ring (bicyclic) bond motifs is 1. The molecule has 0 atom stereocenters. The van der Waals surface area contributed by atoms with Crippen molar-refractivity contribution in [1.82, 2.24) is 9.66 Å². The van der Waals surface area contributed by atoms with Crippen LogP contribution in [0.15, 0.2) is 58.4 Å². The maximum Gasteiger partial charge on any atom is 0.282 e. The summed E-state index contributed by atoms with van der Waals surface area (Å²) >= 11 is 6.34. The predicted molar refractivity (Wildman–Crippen MR) is 154 cm³/mol. The zero-order valence-corrected chi connectivity index (χ0v) is 23.3. The van der Waals surface area contributed by atoms with Crippen LogP contribution in [0.25, 0.3) is 22.3 Å². The van der Waals surface area contributed by atoms with Crippen LogP contribution in [0.3, 0.4) is 0 Å². The summed E-state index contributed by atoms with van der Waals surface area (Å²) in [5, 5.41) is 5.55. The number of nitrogens with zero attached hydrogens (tertiary/aromatic N) is 3. The third-order valence-electron chi connectivity index (χ3n) is 6.14. The Bertz CT molecular complexity index is 1560. The zero-order valence-electron chi connectivity index (χ0n) is 22.5. The lowest BCUT2D eigenvalue weighted by molar-refractivity contribution is 0.310. The Morgan fingerprint density at radius 1 is 1.05 bits per heavy atom. The molecule has 0 fully saturated rings. The van der Waals surface area contributed by atoms with Crippen molar-refractivity contribution in [3.8, 4) is 28.6 Å². The van der Waals surface area contributed by atoms with E-state index >= 15 is 0 Å². The molecule has 0 radical (unpaired) electrons. The van der Waals surface area contributed by atoms with E-state index in [0.29, 0.717) is 52.0 Å². The lowest BCUT2D eigenvalue weighted by Gasteiger charge is -2.18. The van der Waals surface area contributed by atoms with Crippen LogP contribution in [0.5, 0.6) is 17.2 Å². The van der Waals surface area contributed by atoms with E-state index in [0.717, 1.165) is 22.4 Å². The zero-order chi connectivity index (χ0) is 27.4. The van der Waals surface area contributed by atoms with Crippen LogP contribution in [-0.2, 0) is 0 Å². The van der Waals surface area contributed by atoms with Gasteiger partial charge in [0.2, 0.25) is 0 Å². The summed E-state index contributed by atoms with van der Waals surface area (Å²) in [5.74, 6) is 2.43. The molecular formula is C30H32ClN3O4. The van der Waals surface area contributed by atoms with Gasteiger partial charge in [-0.15, -0.1) is 0 Å². The Balaban J connectivity index is 1.99. The maximum atomic E-state index is 13.7. The van der Waals surface area contributed by atoms with Gasteiger partial charge in [-0.2, -0.15) is 9.78 Å². The summed E-state index contributed by atoms with van der Waals surface area (Å²) in [7, 11) is 1.55. The van der Waals surface area contributed by atoms with Crippen LogP contribution in [-0.4, -0.2) is 36.2 Å². The van der Waals surface area contributed by atoms with Crippen molar-refractivity contribution in [3.05, 3.63) is 80.6 Å². The Kier molecular flexibility index (Phi) is 8.37. The van der Waals surface area contributed by atoms with Gasteiger partial charge in [-0.3, -0.25) is 4.79 Å². The van der Waals surface area contributed by atoms with Gasteiger partial charge >= 0.3 is 0 Å². The maximum absolute atomic E-state index is 13.7. The summed E-state index contributed by atoms with van der Waals surface area (Å²) in [6.45, 7) is 11.0. The first kappa shape index (κ1) is 27.2. The van der Waals surface area contributed by atoms with Gasteiger partial charge in [-0.25, -0.2) is 4.98 Å². The monoisotopic (exact) mass is 533 g/mol. The number of halogens is 1. The molecule has 4 aromatic rings. The summed E-state index contributed by atoms with van der Waals surface area (Å²) < 4.78 is 18.5. The standard InChI is InChI=1S/C30H32ClN3O4/c1-7-37-26-13-19(5)24(16-23(26)18(3)4)29-33-25-12-10-9-11-22(25)30(35)34(29)32-17-20-14-21(31)15-27(36-6)28(20)38-8-2/h9-18H,7-8H2,1-6H3. The fourth-order valence-corrected chi connectivity index (χ4v) is 4.55. The van der Waals surface area contributed by atoms with Crippen LogP contribution < -0.4 is 19.8 Å². The number of rotatable bonds is 9. The minimum Gasteiger partial charge on any atom is -0.494 e. The van der Waals surface area contributed by atoms with Crippen LogP contribution in [0.2, 0.25) is 5.02 Å². The van der Waals surface area contributed by atoms with Gasteiger partial charge < -0.3 is 14.2 Å². The number of ether oxygens (including phenoxy) is 3. The highest BCUT2D eigenvalue weighted by Gasteiger charge is 2.19. The molecule has 0 aliphatic carbocycles. The number of hydrogen-bond acceptors (Lipinski definition) is 6. The highest BCUT2D eigenvalue weighted by atomic mass is 35.5. The van der Waals surface area contributed by atoms with Gasteiger partial charge in [0, 0.05) is 22.2 Å². The average molecular weight is 534 g/mol. The fourth-order valence-electron chi connectivity index (χ4n) is 4.33. The first-order valence-electron chi connectivity index (χ1n) is 12.6. The molecule has 0 N–H and O–H groups in total. The molecule has 3 aromatic carbocycles. The van der Waals surface area contributed by atoms with E-state index in [1.165, 1.54) is 4.68 Å². The van der Waals surface area contributed by atoms with Crippen molar-refractivity contribution in [2.75, 3.05) is 20.3 Å². The number of methoxy groups -OCH3 is 1. The molecule has 0 saturated heterocycles. The number of hydrogen-bond donors (Lipinski definition) is 0. The predicted octanol–water partition coefficient (Wildman–Crippen LogP) is 6.84. The number of para-hydroxylation sites is 1. The van der Waals surface area contributed by atoms with E-state index < -0.39 is 0 Å². The lowest BCUT2D eigenvalue weighted by atomic mass is 9.96. The highest BCUT2D eigenvalue weighted by Crippen LogP contribution is 2.35. The molecular weight excluding hydrogens is 502 g/mol. The van der Waals surface area contributed by atoms with Gasteiger partial charge in [-0.05, 0) is 68.1 Å². The third kappa shape index (κ3) is 5.38. The molecule has 7 nitrogen and oxygen atoms in total. The third-order valence-corrected chi connectivity index (χ3v) is 6.36. The Hall–Kier alpha value is -3.84. The van der Waals surface area contributed by atoms with Crippen molar-refractivity contribution in [1.29, 1.82) is 0 Å². The van der Waals surface area contributed by atoms with Crippen LogP contribution in [0, 0.1) is 6.92 Å². The molecule has 0 aliphatic rings. The molecule has 0 amide bonds. The first-order chi connectivity index (χ1) is 18.3. The average Bonchev–Trinajstić information content (AvgIpc) is 2.89. The van der Waals surface area contributed by atoms with Gasteiger partial charge in [0.25, 0.3) is 5.56 Å². The molecule has 0 unspecified atom stereocenters. The van der Waals surface area contributed by atoms with Crippen LogP contribution in [0.4, 0.5) is 0 Å². The van der Waals surface area contributed by atoms with Gasteiger partial charge in [0.05, 0.1) is 37.4 Å². The second kappa shape index (κ2) is 11.7. The van der Waals surface area contributed by atoms with E-state index in [9.17, 15) is 4.79 Å². The largest absolute Gasteiger partial charge is 0.494 e. The molecule has 198 valence electrons. The van der Waals surface area contributed by atoms with Crippen LogP contribution in [0.1, 0.15) is 50.3 Å². The van der Waals surface area contributed by atoms with Crippen molar-refractivity contribution < 1.29 is 14.2 Å². The minimum absolute atomic E-state index is 0.202. The summed E-state index contributed by atoms with van der Waals surface area (Å²) in [6, 6.07) is 14.7. The Morgan fingerprint density at radius 3 is 2.47 bits per heavy atom. The Labute approximate surface area is 227 Å². The quantitative estimate of drug-likeness (QED) is 0.220. The molecule has 8 heteroatoms. The van der Waals surface area contributed by atoms with Crippen molar-refractivity contribution >= 4 is 28.7 Å². The van der Waals surface area contributed by atoms with Crippen molar-refractivity contribution in [2.24, 2.45) is 5.10 Å². The first-order valence-corrected chi connectivity index (χ1v) is 13.0. The van der Waals surface area contributed by atoms with E-state index in [1.807, 2.05) is 51.1 Å². The molecule has 1 aromatic heterocycles. The highest BCUT2D eigenvalue weighted by molar-refractivity contribution is 6.31. The normalized spacial score (nSPS) is 11.5. The van der Waals surface area contributed by atoms with Gasteiger partial charge in [-0.1, -0.05) is 37.6 Å². The van der Waals surface area contributed by atoms with Crippen molar-refractivity contribution in [2.45, 2.75) is 40.5 Å². The molecule has 0 bridgehead atoms. The van der Waals surface area contributed by atoms with Gasteiger partial charge in [0.1, 0.15) is 5.75 Å². The molecule has 0 aliphatic heterocycles. The molecule has 4 rings (SSSR count). The van der Waals surface area contributed by atoms with E-state index in [1.54, 1.807) is 31.5 Å². The molecule has 0 saturated carbocycles. The second-order valence-electron chi connectivity index (χ2n) is 9.07. The molecule has 0 spiro atoms. The molecule has 1 heterocycles. The van der Waals surface area contributed by atoms with Gasteiger partial charge in [0.15, 0.2) is 17.3 Å². The van der Waals surface area contributed by atoms with E-state index in [2.05, 4.69) is 18.9 Å². The summed E-state index contributed by atoms with van der Waals surface area (Å²) in [4.78, 5) is 18.6. The van der Waals surface area contributed by atoms with E-state index in [-0.39, 0.29) is 11.5 Å². The van der Waals surface area contributed by atoms with Crippen molar-refractivity contribution in [3.63, 3.8) is 0 Å². The minimum atomic E-state index is -0.284. The van der Waals surface area contributed by atoms with E-state index in [4.69, 9.17) is 30.8 Å². The second-order valence-corrected chi connectivity index (χ2v) is 9.50. The summed E-state index contributed by atoms with van der Waals surface area (Å²) in [6.07, 6.45) is 1.55. The fraction of sp³-hybridized carbons (Fsp3) is 0.300. The number of benzene rings is 3. The molecule has 38 heavy (non-hydrogen) atoms. The lowest BCUT2D eigenvalue weighted by Crippen LogP contribution is -2.21. The summed E-state index contributed by atoms with van der Waals surface area (Å²) in [5.41, 5.74) is 3.64. The number of aromatic nitrogens is 2.